The molecule has 0 saturated carbocycles. The first kappa shape index (κ1) is 19.3. The van der Waals surface area contributed by atoms with Gasteiger partial charge in [0, 0.05) is 23.6 Å². The fourth-order valence-corrected chi connectivity index (χ4v) is 4.33. The number of aryl methyl sites for hydroxylation is 1. The Kier molecular flexibility index (Phi) is 5.13. The Hall–Kier alpha value is -3.65. The first-order valence-electron chi connectivity index (χ1n) is 9.86. The number of carbonyl (C=O) groups is 1. The van der Waals surface area contributed by atoms with E-state index in [9.17, 15) is 4.79 Å². The van der Waals surface area contributed by atoms with E-state index >= 15 is 0 Å². The highest BCUT2D eigenvalue weighted by atomic mass is 32.1. The number of nitrogens with two attached hydrogens (primary N) is 1. The van der Waals surface area contributed by atoms with Gasteiger partial charge in [-0.3, -0.25) is 4.79 Å². The minimum absolute atomic E-state index is 0.0433. The third kappa shape index (κ3) is 4.29. The monoisotopic (exact) mass is 433 g/mol. The summed E-state index contributed by atoms with van der Waals surface area (Å²) in [7, 11) is 0. The fraction of sp³-hybridized carbons (Fsp3) is 0.174. The summed E-state index contributed by atoms with van der Waals surface area (Å²) in [4.78, 5) is 16.4. The van der Waals surface area contributed by atoms with Crippen LogP contribution in [0.1, 0.15) is 44.8 Å². The normalized spacial score (nSPS) is 15.2. The van der Waals surface area contributed by atoms with Crippen molar-refractivity contribution in [2.45, 2.75) is 25.4 Å². The first-order chi connectivity index (χ1) is 15.1. The quantitative estimate of drug-likeness (QED) is 0.474. The molecule has 0 aliphatic carbocycles. The molecule has 8 heteroatoms. The first-order valence-corrected chi connectivity index (χ1v) is 10.7. The van der Waals surface area contributed by atoms with Crippen molar-refractivity contribution in [1.82, 2.24) is 10.1 Å². The molecule has 1 atom stereocenters. The van der Waals surface area contributed by atoms with E-state index in [4.69, 9.17) is 19.7 Å². The Morgan fingerprint density at radius 1 is 1.19 bits per heavy atom. The molecule has 31 heavy (non-hydrogen) atoms. The van der Waals surface area contributed by atoms with Gasteiger partial charge in [-0.05, 0) is 42.2 Å². The van der Waals surface area contributed by atoms with Crippen molar-refractivity contribution in [1.29, 1.82) is 0 Å². The molecular formula is C23H19N3O4S. The van der Waals surface area contributed by atoms with Crippen LogP contribution < -0.4 is 15.2 Å². The minimum atomic E-state index is -0.640. The second kappa shape index (κ2) is 8.23. The number of primary amides is 1. The van der Waals surface area contributed by atoms with E-state index < -0.39 is 5.91 Å². The zero-order valence-corrected chi connectivity index (χ0v) is 17.3. The summed E-state index contributed by atoms with van der Waals surface area (Å²) in [6, 6.07) is 17.7. The van der Waals surface area contributed by atoms with Crippen LogP contribution in [-0.2, 0) is 12.8 Å². The third-order valence-electron chi connectivity index (χ3n) is 5.04. The molecule has 0 saturated heterocycles. The number of thiazole rings is 1. The van der Waals surface area contributed by atoms with E-state index in [-0.39, 0.29) is 11.9 Å². The molecule has 1 unspecified atom stereocenters. The summed E-state index contributed by atoms with van der Waals surface area (Å²) in [5.41, 5.74) is 8.12. The smallest absolute Gasteiger partial charge is 0.287 e. The predicted molar refractivity (Wildman–Crippen MR) is 115 cm³/mol. The van der Waals surface area contributed by atoms with Crippen LogP contribution in [0.2, 0.25) is 0 Å². The van der Waals surface area contributed by atoms with Crippen LogP contribution in [0.4, 0.5) is 0 Å². The Morgan fingerprint density at radius 2 is 2.06 bits per heavy atom. The summed E-state index contributed by atoms with van der Waals surface area (Å²) in [6.45, 7) is 0. The highest BCUT2D eigenvalue weighted by molar-refractivity contribution is 7.13. The van der Waals surface area contributed by atoms with Gasteiger partial charge in [-0.2, -0.15) is 0 Å². The second-order valence-electron chi connectivity index (χ2n) is 7.24. The van der Waals surface area contributed by atoms with Gasteiger partial charge in [0.15, 0.2) is 0 Å². The van der Waals surface area contributed by atoms with E-state index in [1.165, 1.54) is 23.0 Å². The largest absolute Gasteiger partial charge is 0.485 e. The molecule has 2 aromatic carbocycles. The van der Waals surface area contributed by atoms with Crippen LogP contribution in [0, 0.1) is 0 Å². The maximum Gasteiger partial charge on any atom is 0.287 e. The number of aromatic nitrogens is 2. The van der Waals surface area contributed by atoms with Gasteiger partial charge in [-0.1, -0.05) is 46.8 Å². The molecular weight excluding hydrogens is 414 g/mol. The zero-order chi connectivity index (χ0) is 21.2. The number of benzene rings is 2. The Balaban J connectivity index is 1.25. The van der Waals surface area contributed by atoms with Crippen molar-refractivity contribution in [2.75, 3.05) is 0 Å². The minimum Gasteiger partial charge on any atom is -0.485 e. The van der Waals surface area contributed by atoms with Gasteiger partial charge in [0.1, 0.15) is 17.6 Å². The van der Waals surface area contributed by atoms with Crippen LogP contribution in [0.25, 0.3) is 0 Å². The van der Waals surface area contributed by atoms with Crippen LogP contribution in [0.15, 0.2) is 65.3 Å². The summed E-state index contributed by atoms with van der Waals surface area (Å²) in [5.74, 6) is 1.02. The molecule has 1 aliphatic rings. The SMILES string of the molecule is NC(=O)c1cc(Cc2cnc(Oc3ccc4c(c3)CCC(c3ccccc3)O4)s2)no1. The van der Waals surface area contributed by atoms with E-state index in [1.807, 2.05) is 36.4 Å². The summed E-state index contributed by atoms with van der Waals surface area (Å²) >= 11 is 1.41. The molecule has 3 heterocycles. The Bertz CT molecular complexity index is 1220. The lowest BCUT2D eigenvalue weighted by atomic mass is 9.97. The van der Waals surface area contributed by atoms with Gasteiger partial charge in [0.2, 0.25) is 5.76 Å². The van der Waals surface area contributed by atoms with Gasteiger partial charge in [-0.25, -0.2) is 4.98 Å². The molecule has 0 fully saturated rings. The van der Waals surface area contributed by atoms with Crippen LogP contribution in [0.3, 0.4) is 0 Å². The predicted octanol–water partition coefficient (Wildman–Crippen LogP) is 4.68. The maximum absolute atomic E-state index is 11.1. The number of amides is 1. The van der Waals surface area contributed by atoms with Crippen molar-refractivity contribution >= 4 is 17.2 Å². The van der Waals surface area contributed by atoms with Crippen molar-refractivity contribution in [3.63, 3.8) is 0 Å². The average Bonchev–Trinajstić information content (AvgIpc) is 3.44. The average molecular weight is 433 g/mol. The highest BCUT2D eigenvalue weighted by Gasteiger charge is 2.22. The summed E-state index contributed by atoms with van der Waals surface area (Å²) in [5, 5.41) is 4.39. The number of nitrogens with zero attached hydrogens (tertiary/aromatic N) is 2. The molecule has 2 N–H and O–H groups in total. The molecule has 156 valence electrons. The van der Waals surface area contributed by atoms with Crippen molar-refractivity contribution in [2.24, 2.45) is 5.73 Å². The van der Waals surface area contributed by atoms with Gasteiger partial charge in [-0.15, -0.1) is 0 Å². The molecule has 2 aromatic heterocycles. The van der Waals surface area contributed by atoms with Gasteiger partial charge in [0.25, 0.3) is 11.1 Å². The number of hydrogen-bond acceptors (Lipinski definition) is 7. The second-order valence-corrected chi connectivity index (χ2v) is 8.32. The molecule has 0 spiro atoms. The van der Waals surface area contributed by atoms with E-state index in [0.29, 0.717) is 17.3 Å². The van der Waals surface area contributed by atoms with Crippen LogP contribution in [0.5, 0.6) is 16.7 Å². The number of ether oxygens (including phenoxy) is 2. The van der Waals surface area contributed by atoms with E-state index in [1.54, 1.807) is 6.20 Å². The van der Waals surface area contributed by atoms with Gasteiger partial charge >= 0.3 is 0 Å². The molecule has 0 radical (unpaired) electrons. The fourth-order valence-electron chi connectivity index (χ4n) is 3.54. The molecule has 1 aliphatic heterocycles. The highest BCUT2D eigenvalue weighted by Crippen LogP contribution is 2.38. The van der Waals surface area contributed by atoms with Crippen LogP contribution >= 0.6 is 11.3 Å². The standard InChI is InChI=1S/C23H19N3O4S/c24-22(27)21-12-16(26-30-21)11-18-13-25-23(31-18)28-17-7-9-20-15(10-17)6-8-19(29-20)14-4-2-1-3-5-14/h1-5,7,9-10,12-13,19H,6,8,11H2,(H2,24,27). The van der Waals surface area contributed by atoms with Gasteiger partial charge < -0.3 is 19.7 Å². The molecule has 7 nitrogen and oxygen atoms in total. The summed E-state index contributed by atoms with van der Waals surface area (Å²) < 4.78 is 17.1. The Morgan fingerprint density at radius 3 is 2.87 bits per heavy atom. The van der Waals surface area contributed by atoms with E-state index in [0.717, 1.165) is 34.8 Å². The third-order valence-corrected chi connectivity index (χ3v) is 5.92. The zero-order valence-electron chi connectivity index (χ0n) is 16.5. The lowest BCUT2D eigenvalue weighted by molar-refractivity contribution is 0.0965. The Labute approximate surface area is 182 Å². The van der Waals surface area contributed by atoms with Gasteiger partial charge in [0.05, 0.1) is 5.69 Å². The van der Waals surface area contributed by atoms with Crippen molar-refractivity contribution in [3.8, 4) is 16.7 Å². The maximum atomic E-state index is 11.1. The number of rotatable bonds is 6. The number of fused-ring (bicyclic) bond motifs is 1. The molecule has 0 bridgehead atoms. The van der Waals surface area contributed by atoms with Crippen molar-refractivity contribution < 1.29 is 18.8 Å². The van der Waals surface area contributed by atoms with E-state index in [2.05, 4.69) is 22.3 Å². The molecule has 5 rings (SSSR count). The number of carbonyl (C=O) groups excluding carboxylic acids is 1. The molecule has 4 aromatic rings. The summed E-state index contributed by atoms with van der Waals surface area (Å²) in [6.07, 6.45) is 4.13. The topological polar surface area (TPSA) is 100 Å². The van der Waals surface area contributed by atoms with Crippen molar-refractivity contribution in [3.05, 3.63) is 88.3 Å². The molecule has 1 amide bonds. The van der Waals surface area contributed by atoms with Crippen LogP contribution in [-0.4, -0.2) is 16.0 Å². The lowest BCUT2D eigenvalue weighted by Crippen LogP contribution is -2.15. The number of hydrogen-bond donors (Lipinski definition) is 1. The lowest BCUT2D eigenvalue weighted by Gasteiger charge is -2.26.